The maximum atomic E-state index is 5.82. The van der Waals surface area contributed by atoms with E-state index in [4.69, 9.17) is 16.3 Å². The largest absolute Gasteiger partial charge is 0.379 e. The predicted molar refractivity (Wildman–Crippen MR) is 59.2 cm³/mol. The second-order valence-corrected chi connectivity index (χ2v) is 4.28. The van der Waals surface area contributed by atoms with Crippen LogP contribution in [0.25, 0.3) is 0 Å². The summed E-state index contributed by atoms with van der Waals surface area (Å²) in [4.78, 5) is 10.2. The van der Waals surface area contributed by atoms with Gasteiger partial charge >= 0.3 is 0 Å². The van der Waals surface area contributed by atoms with E-state index < -0.39 is 0 Å². The number of rotatable bonds is 2. The Morgan fingerprint density at radius 3 is 2.87 bits per heavy atom. The van der Waals surface area contributed by atoms with E-state index in [1.807, 2.05) is 7.05 Å². The van der Waals surface area contributed by atoms with Crippen LogP contribution in [0.3, 0.4) is 0 Å². The van der Waals surface area contributed by atoms with Gasteiger partial charge in [0, 0.05) is 19.0 Å². The minimum Gasteiger partial charge on any atom is -0.379 e. The standard InChI is InChI=1S/C10H14ClN3O/c1-7-4-15-5-8(7)14(2)10-3-9(11)12-6-13-10/h3,6-8H,4-5H2,1-2H3. The second kappa shape index (κ2) is 4.33. The SMILES string of the molecule is CC1COCC1N(C)c1cc(Cl)ncn1. The molecule has 1 aromatic rings. The van der Waals surface area contributed by atoms with Crippen LogP contribution in [0.1, 0.15) is 6.92 Å². The highest BCUT2D eigenvalue weighted by Gasteiger charge is 2.28. The zero-order valence-electron chi connectivity index (χ0n) is 8.85. The van der Waals surface area contributed by atoms with Gasteiger partial charge in [-0.25, -0.2) is 9.97 Å². The fourth-order valence-electron chi connectivity index (χ4n) is 1.83. The van der Waals surface area contributed by atoms with Crippen LogP contribution in [0.5, 0.6) is 0 Å². The third kappa shape index (κ3) is 2.21. The van der Waals surface area contributed by atoms with Gasteiger partial charge in [0.2, 0.25) is 0 Å². The first-order chi connectivity index (χ1) is 7.18. The van der Waals surface area contributed by atoms with E-state index in [2.05, 4.69) is 21.8 Å². The van der Waals surface area contributed by atoms with Crippen LogP contribution in [0.15, 0.2) is 12.4 Å². The third-order valence-electron chi connectivity index (χ3n) is 2.80. The Labute approximate surface area is 94.2 Å². The van der Waals surface area contributed by atoms with E-state index in [-0.39, 0.29) is 0 Å². The summed E-state index contributed by atoms with van der Waals surface area (Å²) in [6, 6.07) is 2.14. The number of anilines is 1. The van der Waals surface area contributed by atoms with E-state index in [9.17, 15) is 0 Å². The first kappa shape index (κ1) is 10.6. The highest BCUT2D eigenvalue weighted by Crippen LogP contribution is 2.23. The fourth-order valence-corrected chi connectivity index (χ4v) is 1.97. The van der Waals surface area contributed by atoms with Crippen LogP contribution in [0.4, 0.5) is 5.82 Å². The zero-order chi connectivity index (χ0) is 10.8. The molecule has 0 N–H and O–H groups in total. The molecular weight excluding hydrogens is 214 g/mol. The number of hydrogen-bond acceptors (Lipinski definition) is 4. The summed E-state index contributed by atoms with van der Waals surface area (Å²) in [7, 11) is 2.01. The van der Waals surface area contributed by atoms with Gasteiger partial charge in [-0.1, -0.05) is 18.5 Å². The quantitative estimate of drug-likeness (QED) is 0.720. The number of aromatic nitrogens is 2. The van der Waals surface area contributed by atoms with E-state index in [1.165, 1.54) is 6.33 Å². The summed E-state index contributed by atoms with van der Waals surface area (Å²) in [5.74, 6) is 1.36. The Morgan fingerprint density at radius 1 is 1.47 bits per heavy atom. The lowest BCUT2D eigenvalue weighted by Crippen LogP contribution is -2.36. The molecule has 1 fully saturated rings. The Morgan fingerprint density at radius 2 is 2.27 bits per heavy atom. The molecule has 0 spiro atoms. The summed E-state index contributed by atoms with van der Waals surface area (Å²) >= 11 is 5.82. The molecule has 0 aromatic carbocycles. The molecule has 0 radical (unpaired) electrons. The number of halogens is 1. The van der Waals surface area contributed by atoms with Crippen molar-refractivity contribution in [2.24, 2.45) is 5.92 Å². The van der Waals surface area contributed by atoms with Crippen LogP contribution in [-0.4, -0.2) is 36.3 Å². The molecule has 2 heterocycles. The Hall–Kier alpha value is -0.870. The van der Waals surface area contributed by atoms with E-state index in [0.717, 1.165) is 19.0 Å². The van der Waals surface area contributed by atoms with Crippen molar-refractivity contribution in [3.05, 3.63) is 17.5 Å². The smallest absolute Gasteiger partial charge is 0.134 e. The number of nitrogens with zero attached hydrogens (tertiary/aromatic N) is 3. The Balaban J connectivity index is 2.16. The first-order valence-corrected chi connectivity index (χ1v) is 5.34. The monoisotopic (exact) mass is 227 g/mol. The van der Waals surface area contributed by atoms with Gasteiger partial charge in [0.1, 0.15) is 17.3 Å². The van der Waals surface area contributed by atoms with Gasteiger partial charge in [0.05, 0.1) is 19.3 Å². The molecule has 2 unspecified atom stereocenters. The van der Waals surface area contributed by atoms with Crippen LogP contribution in [0.2, 0.25) is 5.15 Å². The summed E-state index contributed by atoms with van der Waals surface area (Å²) < 4.78 is 5.42. The summed E-state index contributed by atoms with van der Waals surface area (Å²) in [6.07, 6.45) is 1.48. The molecule has 2 rings (SSSR count). The van der Waals surface area contributed by atoms with Crippen molar-refractivity contribution in [1.29, 1.82) is 0 Å². The molecule has 1 aliphatic heterocycles. The molecule has 4 nitrogen and oxygen atoms in total. The van der Waals surface area contributed by atoms with Gasteiger partial charge in [-0.15, -0.1) is 0 Å². The average Bonchev–Trinajstić information content (AvgIpc) is 2.63. The molecule has 1 aromatic heterocycles. The lowest BCUT2D eigenvalue weighted by molar-refractivity contribution is 0.186. The first-order valence-electron chi connectivity index (χ1n) is 4.96. The van der Waals surface area contributed by atoms with Gasteiger partial charge in [0.15, 0.2) is 0 Å². The molecule has 1 aliphatic rings. The lowest BCUT2D eigenvalue weighted by atomic mass is 10.1. The lowest BCUT2D eigenvalue weighted by Gasteiger charge is -2.27. The maximum absolute atomic E-state index is 5.82. The molecule has 5 heteroatoms. The van der Waals surface area contributed by atoms with Crippen molar-refractivity contribution in [2.75, 3.05) is 25.2 Å². The minimum absolute atomic E-state index is 0.371. The van der Waals surface area contributed by atoms with Gasteiger partial charge in [-0.2, -0.15) is 0 Å². The normalized spacial score (nSPS) is 25.5. The highest BCUT2D eigenvalue weighted by molar-refractivity contribution is 6.29. The topological polar surface area (TPSA) is 38.2 Å². The predicted octanol–water partition coefficient (Wildman–Crippen LogP) is 1.60. The van der Waals surface area contributed by atoms with Crippen LogP contribution in [-0.2, 0) is 4.74 Å². The Kier molecular flexibility index (Phi) is 3.07. The molecule has 2 atom stereocenters. The molecule has 82 valence electrons. The van der Waals surface area contributed by atoms with E-state index in [0.29, 0.717) is 17.1 Å². The second-order valence-electron chi connectivity index (χ2n) is 3.89. The van der Waals surface area contributed by atoms with Crippen molar-refractivity contribution in [3.63, 3.8) is 0 Å². The minimum atomic E-state index is 0.371. The molecule has 0 bridgehead atoms. The molecule has 0 saturated carbocycles. The van der Waals surface area contributed by atoms with Crippen LogP contribution >= 0.6 is 11.6 Å². The highest BCUT2D eigenvalue weighted by atomic mass is 35.5. The molecule has 0 amide bonds. The van der Waals surface area contributed by atoms with Crippen molar-refractivity contribution in [2.45, 2.75) is 13.0 Å². The number of hydrogen-bond donors (Lipinski definition) is 0. The fraction of sp³-hybridized carbons (Fsp3) is 0.600. The summed E-state index contributed by atoms with van der Waals surface area (Å²) in [5.41, 5.74) is 0. The molecule has 15 heavy (non-hydrogen) atoms. The summed E-state index contributed by atoms with van der Waals surface area (Å²) in [6.45, 7) is 3.74. The van der Waals surface area contributed by atoms with Crippen LogP contribution in [0, 0.1) is 5.92 Å². The molecular formula is C10H14ClN3O. The third-order valence-corrected chi connectivity index (χ3v) is 3.01. The van der Waals surface area contributed by atoms with Crippen molar-refractivity contribution in [1.82, 2.24) is 9.97 Å². The van der Waals surface area contributed by atoms with Crippen molar-refractivity contribution in [3.8, 4) is 0 Å². The molecule has 1 saturated heterocycles. The number of likely N-dealkylation sites (N-methyl/N-ethyl adjacent to an activating group) is 1. The average molecular weight is 228 g/mol. The zero-order valence-corrected chi connectivity index (χ0v) is 9.61. The van der Waals surface area contributed by atoms with Gasteiger partial charge < -0.3 is 9.64 Å². The van der Waals surface area contributed by atoms with Gasteiger partial charge in [-0.3, -0.25) is 0 Å². The van der Waals surface area contributed by atoms with Crippen LogP contribution < -0.4 is 4.90 Å². The Bertz CT molecular complexity index is 347. The maximum Gasteiger partial charge on any atom is 0.134 e. The number of ether oxygens (including phenoxy) is 1. The summed E-state index contributed by atoms with van der Waals surface area (Å²) in [5, 5.41) is 0.471. The van der Waals surface area contributed by atoms with E-state index in [1.54, 1.807) is 6.07 Å². The van der Waals surface area contributed by atoms with Gasteiger partial charge in [0.25, 0.3) is 0 Å². The van der Waals surface area contributed by atoms with Gasteiger partial charge in [-0.05, 0) is 0 Å². The van der Waals surface area contributed by atoms with E-state index >= 15 is 0 Å². The van der Waals surface area contributed by atoms with Crippen molar-refractivity contribution >= 4 is 17.4 Å². The molecule has 0 aliphatic carbocycles. The van der Waals surface area contributed by atoms with Crippen molar-refractivity contribution < 1.29 is 4.74 Å².